The number of carbonyl (C=O) groups excluding carboxylic acids is 1. The molecule has 0 fully saturated rings. The van der Waals surface area contributed by atoms with Gasteiger partial charge in [-0.15, -0.1) is 0 Å². The minimum Gasteiger partial charge on any atom is -0.493 e. The van der Waals surface area contributed by atoms with Crippen molar-refractivity contribution in [3.05, 3.63) is 83.6 Å². The summed E-state index contributed by atoms with van der Waals surface area (Å²) in [5, 5.41) is 2.81. The van der Waals surface area contributed by atoms with E-state index in [-0.39, 0.29) is 5.91 Å². The van der Waals surface area contributed by atoms with Crippen molar-refractivity contribution < 1.29 is 14.3 Å². The topological polar surface area (TPSA) is 60.5 Å². The first-order valence-electron chi connectivity index (χ1n) is 8.25. The smallest absolute Gasteiger partial charge is 0.256 e. The van der Waals surface area contributed by atoms with Crippen LogP contribution in [0.2, 0.25) is 0 Å². The fraction of sp³-hybridized carbons (Fsp3) is 0.143. The van der Waals surface area contributed by atoms with Crippen molar-refractivity contribution in [1.29, 1.82) is 0 Å². The summed E-state index contributed by atoms with van der Waals surface area (Å²) in [4.78, 5) is 16.7. The highest BCUT2D eigenvalue weighted by molar-refractivity contribution is 6.04. The molecule has 0 bridgehead atoms. The Bertz CT molecular complexity index is 895. The fourth-order valence-electron chi connectivity index (χ4n) is 2.46. The van der Waals surface area contributed by atoms with E-state index < -0.39 is 0 Å². The molecule has 1 aromatic heterocycles. The normalized spacial score (nSPS) is 10.2. The number of amides is 1. The maximum atomic E-state index is 12.5. The highest BCUT2D eigenvalue weighted by atomic mass is 16.5. The lowest BCUT2D eigenvalue weighted by Crippen LogP contribution is -2.14. The molecule has 0 radical (unpaired) electrons. The van der Waals surface area contributed by atoms with Gasteiger partial charge in [0.05, 0.1) is 7.11 Å². The number of carbonyl (C=O) groups is 1. The third kappa shape index (κ3) is 4.19. The van der Waals surface area contributed by atoms with E-state index in [1.54, 1.807) is 31.5 Å². The summed E-state index contributed by atoms with van der Waals surface area (Å²) in [6, 6.07) is 18.7. The van der Waals surface area contributed by atoms with E-state index in [9.17, 15) is 4.79 Å². The summed E-state index contributed by atoms with van der Waals surface area (Å²) in [6.45, 7) is 2.32. The number of hydrogen-bond donors (Lipinski definition) is 1. The van der Waals surface area contributed by atoms with Crippen LogP contribution < -0.4 is 14.8 Å². The molecule has 3 aromatic rings. The van der Waals surface area contributed by atoms with Crippen molar-refractivity contribution in [1.82, 2.24) is 4.98 Å². The van der Waals surface area contributed by atoms with Gasteiger partial charge in [-0.05, 0) is 42.3 Å². The number of hydrogen-bond acceptors (Lipinski definition) is 4. The first-order chi connectivity index (χ1) is 12.7. The van der Waals surface area contributed by atoms with Gasteiger partial charge in [-0.2, -0.15) is 0 Å². The van der Waals surface area contributed by atoms with E-state index >= 15 is 0 Å². The van der Waals surface area contributed by atoms with Crippen LogP contribution in [0.3, 0.4) is 0 Å². The number of benzene rings is 2. The third-order valence-corrected chi connectivity index (χ3v) is 3.90. The lowest BCUT2D eigenvalue weighted by Gasteiger charge is -2.13. The van der Waals surface area contributed by atoms with E-state index in [1.807, 2.05) is 49.4 Å². The lowest BCUT2D eigenvalue weighted by molar-refractivity contribution is 0.102. The number of anilines is 1. The average Bonchev–Trinajstić information content (AvgIpc) is 2.68. The Morgan fingerprint density at radius 1 is 1.04 bits per heavy atom. The second-order valence-corrected chi connectivity index (χ2v) is 5.76. The van der Waals surface area contributed by atoms with E-state index in [1.165, 1.54) is 0 Å². The molecule has 0 atom stereocenters. The zero-order valence-corrected chi connectivity index (χ0v) is 14.7. The molecule has 5 heteroatoms. The van der Waals surface area contributed by atoms with Crippen LogP contribution in [0.4, 0.5) is 5.82 Å². The zero-order chi connectivity index (χ0) is 18.4. The van der Waals surface area contributed by atoms with Crippen LogP contribution >= 0.6 is 0 Å². The van der Waals surface area contributed by atoms with E-state index in [2.05, 4.69) is 10.3 Å². The molecule has 0 aliphatic rings. The molecule has 0 unspecified atom stereocenters. The minimum absolute atomic E-state index is 0.250. The van der Waals surface area contributed by atoms with Gasteiger partial charge < -0.3 is 14.8 Å². The van der Waals surface area contributed by atoms with Gasteiger partial charge >= 0.3 is 0 Å². The van der Waals surface area contributed by atoms with Crippen molar-refractivity contribution >= 4 is 11.7 Å². The van der Waals surface area contributed by atoms with Crippen LogP contribution in [0.1, 0.15) is 21.5 Å². The molecule has 26 heavy (non-hydrogen) atoms. The number of ether oxygens (including phenoxy) is 2. The van der Waals surface area contributed by atoms with Crippen molar-refractivity contribution in [3.63, 3.8) is 0 Å². The van der Waals surface area contributed by atoms with Crippen LogP contribution in [-0.2, 0) is 6.61 Å². The molecule has 1 amide bonds. The summed E-state index contributed by atoms with van der Waals surface area (Å²) < 4.78 is 11.2. The second kappa shape index (κ2) is 8.16. The quantitative estimate of drug-likeness (QED) is 0.724. The van der Waals surface area contributed by atoms with Crippen LogP contribution in [0, 0.1) is 6.92 Å². The number of rotatable bonds is 6. The predicted octanol–water partition coefficient (Wildman–Crippen LogP) is 4.23. The minimum atomic E-state index is -0.250. The van der Waals surface area contributed by atoms with E-state index in [0.717, 1.165) is 11.1 Å². The molecular formula is C21H20N2O3. The highest BCUT2D eigenvalue weighted by Gasteiger charge is 2.13. The van der Waals surface area contributed by atoms with Gasteiger partial charge in [-0.1, -0.05) is 36.4 Å². The van der Waals surface area contributed by atoms with Gasteiger partial charge in [0.2, 0.25) is 0 Å². The summed E-state index contributed by atoms with van der Waals surface area (Å²) in [6.07, 6.45) is 1.64. The Kier molecular flexibility index (Phi) is 5.49. The number of nitrogens with zero attached hydrogens (tertiary/aromatic N) is 1. The average molecular weight is 348 g/mol. The zero-order valence-electron chi connectivity index (χ0n) is 14.7. The van der Waals surface area contributed by atoms with Crippen molar-refractivity contribution in [2.45, 2.75) is 13.5 Å². The maximum absolute atomic E-state index is 12.5. The SMILES string of the molecule is COc1cc(C(=O)Nc2ncccc2C)ccc1OCc1ccccc1. The number of pyridine rings is 1. The predicted molar refractivity (Wildman–Crippen MR) is 101 cm³/mol. The van der Waals surface area contributed by atoms with Gasteiger partial charge in [-0.25, -0.2) is 4.98 Å². The Morgan fingerprint density at radius 2 is 1.85 bits per heavy atom. The van der Waals surface area contributed by atoms with E-state index in [4.69, 9.17) is 9.47 Å². The number of aryl methyl sites for hydroxylation is 1. The number of aromatic nitrogens is 1. The van der Waals surface area contributed by atoms with Crippen molar-refractivity contribution in [2.75, 3.05) is 12.4 Å². The fourth-order valence-corrected chi connectivity index (χ4v) is 2.46. The molecule has 1 N–H and O–H groups in total. The monoisotopic (exact) mass is 348 g/mol. The molecule has 5 nitrogen and oxygen atoms in total. The number of nitrogens with one attached hydrogen (secondary N) is 1. The summed E-state index contributed by atoms with van der Waals surface area (Å²) in [5.74, 6) is 1.38. The molecule has 3 rings (SSSR count). The van der Waals surface area contributed by atoms with Crippen LogP contribution in [-0.4, -0.2) is 18.0 Å². The first kappa shape index (κ1) is 17.5. The van der Waals surface area contributed by atoms with Crippen LogP contribution in [0.25, 0.3) is 0 Å². The van der Waals surface area contributed by atoms with Crippen molar-refractivity contribution in [2.24, 2.45) is 0 Å². The van der Waals surface area contributed by atoms with Crippen molar-refractivity contribution in [3.8, 4) is 11.5 Å². The standard InChI is InChI=1S/C21H20N2O3/c1-15-7-6-12-22-20(15)23-21(24)17-10-11-18(19(13-17)25-2)26-14-16-8-4-3-5-9-16/h3-13H,14H2,1-2H3,(H,22,23,24). The lowest BCUT2D eigenvalue weighted by atomic mass is 10.1. The summed E-state index contributed by atoms with van der Waals surface area (Å²) in [7, 11) is 1.55. The van der Waals surface area contributed by atoms with Crippen LogP contribution in [0.15, 0.2) is 66.9 Å². The Balaban J connectivity index is 1.73. The Morgan fingerprint density at radius 3 is 2.58 bits per heavy atom. The van der Waals surface area contributed by atoms with Crippen LogP contribution in [0.5, 0.6) is 11.5 Å². The van der Waals surface area contributed by atoms with Gasteiger partial charge in [0.15, 0.2) is 11.5 Å². The summed E-state index contributed by atoms with van der Waals surface area (Å²) in [5.41, 5.74) is 2.43. The maximum Gasteiger partial charge on any atom is 0.256 e. The third-order valence-electron chi connectivity index (χ3n) is 3.90. The van der Waals surface area contributed by atoms with Gasteiger partial charge in [-0.3, -0.25) is 4.79 Å². The van der Waals surface area contributed by atoms with Gasteiger partial charge in [0.25, 0.3) is 5.91 Å². The highest BCUT2D eigenvalue weighted by Crippen LogP contribution is 2.29. The summed E-state index contributed by atoms with van der Waals surface area (Å²) >= 11 is 0. The van der Waals surface area contributed by atoms with Gasteiger partial charge in [0, 0.05) is 11.8 Å². The molecule has 1 heterocycles. The molecule has 0 aliphatic heterocycles. The molecule has 0 saturated heterocycles. The van der Waals surface area contributed by atoms with Gasteiger partial charge in [0.1, 0.15) is 12.4 Å². The van der Waals surface area contributed by atoms with E-state index in [0.29, 0.717) is 29.5 Å². The number of methoxy groups -OCH3 is 1. The molecule has 132 valence electrons. The Labute approximate surface area is 152 Å². The molecule has 0 saturated carbocycles. The molecule has 0 spiro atoms. The molecular weight excluding hydrogens is 328 g/mol. The Hall–Kier alpha value is -3.34. The molecule has 2 aromatic carbocycles. The second-order valence-electron chi connectivity index (χ2n) is 5.76. The first-order valence-corrected chi connectivity index (χ1v) is 8.25. The largest absolute Gasteiger partial charge is 0.493 e. The molecule has 0 aliphatic carbocycles.